The number of esters is 1. The van der Waals surface area contributed by atoms with Crippen LogP contribution in [0.25, 0.3) is 0 Å². The summed E-state index contributed by atoms with van der Waals surface area (Å²) < 4.78 is 10.6. The lowest BCUT2D eigenvalue weighted by molar-refractivity contribution is -0.151. The van der Waals surface area contributed by atoms with Crippen LogP contribution in [0.4, 0.5) is 4.79 Å². The highest BCUT2D eigenvalue weighted by molar-refractivity contribution is 5.73. The summed E-state index contributed by atoms with van der Waals surface area (Å²) in [6.45, 7) is 16.9. The van der Waals surface area contributed by atoms with Crippen LogP contribution in [0.3, 0.4) is 0 Å². The summed E-state index contributed by atoms with van der Waals surface area (Å²) in [4.78, 5) is 24.3. The quantitative estimate of drug-likeness (QED) is 0.602. The van der Waals surface area contributed by atoms with Gasteiger partial charge >= 0.3 is 12.1 Å². The molecular weight excluding hydrogens is 306 g/mol. The van der Waals surface area contributed by atoms with E-state index in [1.165, 1.54) is 0 Å². The molecule has 0 spiro atoms. The van der Waals surface area contributed by atoms with Gasteiger partial charge in [-0.25, -0.2) is 4.79 Å². The van der Waals surface area contributed by atoms with E-state index in [-0.39, 0.29) is 29.8 Å². The molecule has 0 aliphatic rings. The van der Waals surface area contributed by atoms with Crippen molar-refractivity contribution in [2.75, 3.05) is 13.2 Å². The maximum atomic E-state index is 12.4. The summed E-state index contributed by atoms with van der Waals surface area (Å²) in [6, 6.07) is -0.122. The molecule has 0 radical (unpaired) electrons. The van der Waals surface area contributed by atoms with Crippen LogP contribution in [0.5, 0.6) is 0 Å². The van der Waals surface area contributed by atoms with Gasteiger partial charge in [-0.3, -0.25) is 4.79 Å². The third-order valence-electron chi connectivity index (χ3n) is 3.83. The fourth-order valence-corrected chi connectivity index (χ4v) is 2.20. The molecule has 0 aliphatic carbocycles. The van der Waals surface area contributed by atoms with Crippen LogP contribution >= 0.6 is 0 Å². The normalized spacial score (nSPS) is 14.2. The van der Waals surface area contributed by atoms with Crippen LogP contribution in [0.1, 0.15) is 61.8 Å². The van der Waals surface area contributed by atoms with Crippen LogP contribution in [0.2, 0.25) is 0 Å². The Morgan fingerprint density at radius 1 is 0.792 bits per heavy atom. The number of ether oxygens (including phenoxy) is 2. The van der Waals surface area contributed by atoms with Gasteiger partial charge in [0.15, 0.2) is 0 Å². The summed E-state index contributed by atoms with van der Waals surface area (Å²) in [6.07, 6.45) is 0.142. The van der Waals surface area contributed by atoms with Gasteiger partial charge in [0.2, 0.25) is 0 Å². The average molecular weight is 344 g/mol. The van der Waals surface area contributed by atoms with E-state index in [9.17, 15) is 9.59 Å². The summed E-state index contributed by atoms with van der Waals surface area (Å²) in [5, 5.41) is 2.91. The molecule has 0 fully saturated rings. The van der Waals surface area contributed by atoms with Gasteiger partial charge in [-0.1, -0.05) is 55.4 Å². The number of carbonyl (C=O) groups is 2. The third-order valence-corrected chi connectivity index (χ3v) is 3.83. The van der Waals surface area contributed by atoms with E-state index in [0.29, 0.717) is 31.5 Å². The standard InChI is InChI=1S/C19H37NO4/c1-12(2)10-23-18(21)16(14(5)6)9-17(15(7)8)20-19(22)24-11-13(3)4/h12-17H,9-11H2,1-8H3,(H,20,22). The van der Waals surface area contributed by atoms with Crippen molar-refractivity contribution >= 4 is 12.1 Å². The number of nitrogens with one attached hydrogen (secondary N) is 1. The predicted molar refractivity (Wildman–Crippen MR) is 96.7 cm³/mol. The lowest BCUT2D eigenvalue weighted by atomic mass is 9.85. The van der Waals surface area contributed by atoms with Gasteiger partial charge in [0.25, 0.3) is 0 Å². The SMILES string of the molecule is CC(C)COC(=O)NC(CC(C(=O)OCC(C)C)C(C)C)C(C)C. The minimum Gasteiger partial charge on any atom is -0.465 e. The second kappa shape index (κ2) is 11.3. The molecular formula is C19H37NO4. The van der Waals surface area contributed by atoms with E-state index < -0.39 is 6.09 Å². The van der Waals surface area contributed by atoms with Gasteiger partial charge in [0.1, 0.15) is 0 Å². The molecule has 5 heteroatoms. The van der Waals surface area contributed by atoms with Gasteiger partial charge in [-0.2, -0.15) is 0 Å². The van der Waals surface area contributed by atoms with Gasteiger partial charge in [0.05, 0.1) is 19.1 Å². The van der Waals surface area contributed by atoms with Crippen LogP contribution in [0, 0.1) is 29.6 Å². The Bertz CT molecular complexity index is 378. The highest BCUT2D eigenvalue weighted by Crippen LogP contribution is 2.22. The lowest BCUT2D eigenvalue weighted by Crippen LogP contribution is -2.42. The van der Waals surface area contributed by atoms with Gasteiger partial charge in [-0.15, -0.1) is 0 Å². The fraction of sp³-hybridized carbons (Fsp3) is 0.895. The van der Waals surface area contributed by atoms with E-state index in [1.807, 2.05) is 55.4 Å². The molecule has 0 saturated carbocycles. The topological polar surface area (TPSA) is 64.6 Å². The number of hydrogen-bond acceptors (Lipinski definition) is 4. The molecule has 0 saturated heterocycles. The van der Waals surface area contributed by atoms with Crippen molar-refractivity contribution in [3.05, 3.63) is 0 Å². The summed E-state index contributed by atoms with van der Waals surface area (Å²) in [5.41, 5.74) is 0. The Morgan fingerprint density at radius 2 is 1.29 bits per heavy atom. The molecule has 5 nitrogen and oxygen atoms in total. The molecule has 0 bridgehead atoms. The third kappa shape index (κ3) is 9.78. The van der Waals surface area contributed by atoms with Crippen LogP contribution in [-0.2, 0) is 14.3 Å². The average Bonchev–Trinajstić information content (AvgIpc) is 2.46. The van der Waals surface area contributed by atoms with Crippen molar-refractivity contribution in [2.24, 2.45) is 29.6 Å². The Kier molecular flexibility index (Phi) is 10.7. The smallest absolute Gasteiger partial charge is 0.407 e. The number of carbonyl (C=O) groups excluding carboxylic acids is 2. The summed E-state index contributed by atoms with van der Waals surface area (Å²) >= 11 is 0. The maximum absolute atomic E-state index is 12.4. The monoisotopic (exact) mass is 343 g/mol. The van der Waals surface area contributed by atoms with Crippen LogP contribution in [-0.4, -0.2) is 31.3 Å². The Labute approximate surface area is 147 Å². The summed E-state index contributed by atoms with van der Waals surface area (Å²) in [7, 11) is 0. The highest BCUT2D eigenvalue weighted by atomic mass is 16.5. The number of hydrogen-bond donors (Lipinski definition) is 1. The van der Waals surface area contributed by atoms with E-state index in [1.54, 1.807) is 0 Å². The van der Waals surface area contributed by atoms with E-state index in [4.69, 9.17) is 9.47 Å². The van der Waals surface area contributed by atoms with Crippen molar-refractivity contribution in [2.45, 2.75) is 67.9 Å². The summed E-state index contributed by atoms with van der Waals surface area (Å²) in [5.74, 6) is 0.549. The second-order valence-electron chi connectivity index (χ2n) is 8.10. The molecule has 142 valence electrons. The molecule has 0 aromatic carbocycles. The molecule has 0 heterocycles. The molecule has 2 unspecified atom stereocenters. The zero-order valence-corrected chi connectivity index (χ0v) is 16.7. The highest BCUT2D eigenvalue weighted by Gasteiger charge is 2.30. The first-order chi connectivity index (χ1) is 11.0. The molecule has 1 N–H and O–H groups in total. The number of amides is 1. The first-order valence-corrected chi connectivity index (χ1v) is 9.14. The van der Waals surface area contributed by atoms with Crippen molar-refractivity contribution in [3.8, 4) is 0 Å². The molecule has 2 atom stereocenters. The zero-order valence-electron chi connectivity index (χ0n) is 16.7. The lowest BCUT2D eigenvalue weighted by Gasteiger charge is -2.28. The predicted octanol–water partition coefficient (Wildman–Crippen LogP) is 4.25. The maximum Gasteiger partial charge on any atom is 0.407 e. The first kappa shape index (κ1) is 22.7. The fourth-order valence-electron chi connectivity index (χ4n) is 2.20. The van der Waals surface area contributed by atoms with Crippen molar-refractivity contribution < 1.29 is 19.1 Å². The van der Waals surface area contributed by atoms with Gasteiger partial charge in [0, 0.05) is 6.04 Å². The van der Waals surface area contributed by atoms with Crippen molar-refractivity contribution in [3.63, 3.8) is 0 Å². The van der Waals surface area contributed by atoms with Gasteiger partial charge in [-0.05, 0) is 30.1 Å². The minimum absolute atomic E-state index is 0.122. The second-order valence-corrected chi connectivity index (χ2v) is 8.10. The number of rotatable bonds is 10. The first-order valence-electron chi connectivity index (χ1n) is 9.14. The van der Waals surface area contributed by atoms with Crippen LogP contribution < -0.4 is 5.32 Å². The Hall–Kier alpha value is -1.26. The van der Waals surface area contributed by atoms with E-state index >= 15 is 0 Å². The molecule has 0 rings (SSSR count). The molecule has 0 aromatic rings. The molecule has 0 aromatic heterocycles. The minimum atomic E-state index is -0.416. The van der Waals surface area contributed by atoms with Crippen molar-refractivity contribution in [1.82, 2.24) is 5.32 Å². The molecule has 1 amide bonds. The van der Waals surface area contributed by atoms with E-state index in [0.717, 1.165) is 0 Å². The zero-order chi connectivity index (χ0) is 18.9. The van der Waals surface area contributed by atoms with Crippen LogP contribution in [0.15, 0.2) is 0 Å². The van der Waals surface area contributed by atoms with Crippen molar-refractivity contribution in [1.29, 1.82) is 0 Å². The molecule has 24 heavy (non-hydrogen) atoms. The van der Waals surface area contributed by atoms with E-state index in [2.05, 4.69) is 5.32 Å². The molecule has 0 aliphatic heterocycles. The number of alkyl carbamates (subject to hydrolysis) is 1. The Morgan fingerprint density at radius 3 is 1.71 bits per heavy atom. The largest absolute Gasteiger partial charge is 0.465 e. The van der Waals surface area contributed by atoms with Gasteiger partial charge < -0.3 is 14.8 Å². The Balaban J connectivity index is 4.77.